The summed E-state index contributed by atoms with van der Waals surface area (Å²) in [6.07, 6.45) is 4.61. The van der Waals surface area contributed by atoms with Gasteiger partial charge in [-0.1, -0.05) is 11.2 Å². The molecule has 0 N–H and O–H groups in total. The third-order valence-corrected chi connectivity index (χ3v) is 9.73. The first-order valence-electron chi connectivity index (χ1n) is 11.6. The van der Waals surface area contributed by atoms with Crippen LogP contribution in [0.2, 0.25) is 0 Å². The van der Waals surface area contributed by atoms with Crippen molar-refractivity contribution in [3.05, 3.63) is 76.9 Å². The van der Waals surface area contributed by atoms with Crippen molar-refractivity contribution in [3.63, 3.8) is 0 Å². The minimum absolute atomic E-state index is 0.0125. The molecule has 3 heterocycles. The van der Waals surface area contributed by atoms with Crippen LogP contribution in [0.1, 0.15) is 43.1 Å². The molecule has 2 fully saturated rings. The predicted octanol–water partition coefficient (Wildman–Crippen LogP) is 4.03. The molecule has 3 aromatic rings. The Morgan fingerprint density at radius 2 is 1.86 bits per heavy atom. The van der Waals surface area contributed by atoms with Gasteiger partial charge in [0.15, 0.2) is 5.84 Å². The summed E-state index contributed by atoms with van der Waals surface area (Å²) < 4.78 is 62.9. The van der Waals surface area contributed by atoms with Gasteiger partial charge in [0.2, 0.25) is 15.7 Å². The first kappa shape index (κ1) is 23.6. The monoisotopic (exact) mass is 527 g/mol. The number of hydrogen-bond donors (Lipinski definition) is 0. The van der Waals surface area contributed by atoms with Gasteiger partial charge in [0.1, 0.15) is 35.2 Å². The van der Waals surface area contributed by atoms with Crippen molar-refractivity contribution in [1.82, 2.24) is 19.1 Å². The highest BCUT2D eigenvalue weighted by Gasteiger charge is 2.67. The van der Waals surface area contributed by atoms with Gasteiger partial charge >= 0.3 is 0 Å². The lowest BCUT2D eigenvalue weighted by molar-refractivity contribution is -0.0616. The van der Waals surface area contributed by atoms with Crippen LogP contribution in [0.4, 0.5) is 8.78 Å². The van der Waals surface area contributed by atoms with Gasteiger partial charge in [0.25, 0.3) is 0 Å². The van der Waals surface area contributed by atoms with Gasteiger partial charge in [-0.05, 0) is 62.1 Å². The number of ether oxygens (including phenoxy) is 1. The molecule has 1 unspecified atom stereocenters. The summed E-state index contributed by atoms with van der Waals surface area (Å²) in [7, 11) is -2.39. The SMILES string of the molecule is COc1cc(/C=C2\CC3(CC3)S(=O)(=O)N3C2=NOC3(C)c2cc(F)cc(F)c2)ccc1-n1cnc(C)n1. The first-order valence-corrected chi connectivity index (χ1v) is 13.1. The molecule has 2 aliphatic heterocycles. The van der Waals surface area contributed by atoms with Gasteiger partial charge in [0.05, 0.1) is 11.9 Å². The number of methoxy groups -OCH3 is 1. The number of amidine groups is 1. The van der Waals surface area contributed by atoms with Crippen molar-refractivity contribution in [2.75, 3.05) is 7.11 Å². The molecule has 0 radical (unpaired) electrons. The Bertz CT molecular complexity index is 1590. The highest BCUT2D eigenvalue weighted by molar-refractivity contribution is 7.91. The van der Waals surface area contributed by atoms with E-state index in [0.29, 0.717) is 35.7 Å². The van der Waals surface area contributed by atoms with Crippen molar-refractivity contribution < 1.29 is 26.8 Å². The second-order valence-corrected chi connectivity index (χ2v) is 11.8. The molecule has 12 heteroatoms. The summed E-state index contributed by atoms with van der Waals surface area (Å²) in [6.45, 7) is 3.24. The van der Waals surface area contributed by atoms with Crippen LogP contribution in [0.15, 0.2) is 53.5 Å². The van der Waals surface area contributed by atoms with Gasteiger partial charge in [-0.2, -0.15) is 5.10 Å². The third-order valence-electron chi connectivity index (χ3n) is 7.08. The van der Waals surface area contributed by atoms with E-state index in [4.69, 9.17) is 9.57 Å². The number of nitrogens with zero attached hydrogens (tertiary/aromatic N) is 5. The molecule has 1 aliphatic carbocycles. The Morgan fingerprint density at radius 3 is 2.49 bits per heavy atom. The lowest BCUT2D eigenvalue weighted by Gasteiger charge is -2.40. The molecular formula is C25H23F2N5O4S. The smallest absolute Gasteiger partial charge is 0.247 e. The van der Waals surface area contributed by atoms with Crippen molar-refractivity contribution >= 4 is 21.9 Å². The van der Waals surface area contributed by atoms with Crippen LogP contribution < -0.4 is 4.74 Å². The molecule has 1 spiro atoms. The molecule has 3 aliphatic rings. The maximum atomic E-state index is 14.1. The van der Waals surface area contributed by atoms with E-state index in [9.17, 15) is 17.2 Å². The van der Waals surface area contributed by atoms with E-state index in [-0.39, 0.29) is 17.8 Å². The molecule has 0 bridgehead atoms. The minimum Gasteiger partial charge on any atom is -0.494 e. The molecular weight excluding hydrogens is 504 g/mol. The Hall–Kier alpha value is -3.80. The van der Waals surface area contributed by atoms with Gasteiger partial charge in [-0.25, -0.2) is 31.2 Å². The minimum atomic E-state index is -3.94. The number of halogens is 2. The number of aromatic nitrogens is 3. The number of aryl methyl sites for hydroxylation is 1. The summed E-state index contributed by atoms with van der Waals surface area (Å²) in [5.41, 5.74) is 0.353. The summed E-state index contributed by atoms with van der Waals surface area (Å²) in [5, 5.41) is 8.45. The molecule has 1 atom stereocenters. The zero-order valence-corrected chi connectivity index (χ0v) is 21.1. The highest BCUT2D eigenvalue weighted by atomic mass is 32.2. The zero-order chi connectivity index (χ0) is 26.2. The topological polar surface area (TPSA) is 98.9 Å². The Balaban J connectivity index is 1.44. The molecule has 192 valence electrons. The molecule has 1 saturated heterocycles. The largest absolute Gasteiger partial charge is 0.494 e. The first-order chi connectivity index (χ1) is 17.6. The average molecular weight is 528 g/mol. The van der Waals surface area contributed by atoms with E-state index >= 15 is 0 Å². The van der Waals surface area contributed by atoms with Crippen LogP contribution in [-0.2, 0) is 20.6 Å². The Morgan fingerprint density at radius 1 is 1.14 bits per heavy atom. The van der Waals surface area contributed by atoms with Crippen LogP contribution in [0.5, 0.6) is 5.75 Å². The van der Waals surface area contributed by atoms with E-state index in [0.717, 1.165) is 28.1 Å². The lowest BCUT2D eigenvalue weighted by Crippen LogP contribution is -2.55. The van der Waals surface area contributed by atoms with Crippen molar-refractivity contribution in [1.29, 1.82) is 0 Å². The van der Waals surface area contributed by atoms with Crippen LogP contribution in [0.25, 0.3) is 11.8 Å². The van der Waals surface area contributed by atoms with Crippen LogP contribution in [0.3, 0.4) is 0 Å². The fourth-order valence-corrected chi connectivity index (χ4v) is 7.29. The summed E-state index contributed by atoms with van der Waals surface area (Å²) in [5.74, 6) is -0.416. The van der Waals surface area contributed by atoms with Gasteiger partial charge in [0, 0.05) is 24.1 Å². The maximum absolute atomic E-state index is 14.1. The standard InChI is InChI=1S/C25H23F2N5O4S/c1-15-28-14-31(29-15)21-5-4-16(9-22(21)35-3)8-17-13-25(6-7-25)37(33,34)32-23(17)30-36-24(32,2)18-10-19(26)12-20(27)11-18/h4-5,8-12,14H,6-7,13H2,1-3H3/b17-8+. The molecule has 1 aromatic heterocycles. The normalized spacial score (nSPS) is 24.1. The van der Waals surface area contributed by atoms with Crippen molar-refractivity contribution in [2.45, 2.75) is 43.6 Å². The maximum Gasteiger partial charge on any atom is 0.247 e. The fraction of sp³-hybridized carbons (Fsp3) is 0.320. The Kier molecular flexibility index (Phi) is 5.00. The van der Waals surface area contributed by atoms with E-state index < -0.39 is 32.1 Å². The predicted molar refractivity (Wildman–Crippen MR) is 130 cm³/mol. The quantitative estimate of drug-likeness (QED) is 0.508. The van der Waals surface area contributed by atoms with E-state index in [1.807, 2.05) is 24.3 Å². The van der Waals surface area contributed by atoms with Crippen LogP contribution in [0, 0.1) is 18.6 Å². The number of fused-ring (bicyclic) bond motifs is 1. The molecule has 37 heavy (non-hydrogen) atoms. The second kappa shape index (κ2) is 7.85. The highest BCUT2D eigenvalue weighted by Crippen LogP contribution is 2.57. The number of benzene rings is 2. The molecule has 0 amide bonds. The van der Waals surface area contributed by atoms with Crippen LogP contribution in [-0.4, -0.2) is 45.2 Å². The molecule has 2 aromatic carbocycles. The summed E-state index contributed by atoms with van der Waals surface area (Å²) in [4.78, 5) is 9.80. The number of oxime groups is 1. The van der Waals surface area contributed by atoms with Gasteiger partial charge in [-0.3, -0.25) is 0 Å². The van der Waals surface area contributed by atoms with E-state index in [1.54, 1.807) is 25.0 Å². The van der Waals surface area contributed by atoms with E-state index in [2.05, 4.69) is 15.2 Å². The molecule has 6 rings (SSSR count). The summed E-state index contributed by atoms with van der Waals surface area (Å²) in [6, 6.07) is 8.33. The summed E-state index contributed by atoms with van der Waals surface area (Å²) >= 11 is 0. The zero-order valence-electron chi connectivity index (χ0n) is 20.3. The fourth-order valence-electron chi connectivity index (χ4n) is 4.97. The van der Waals surface area contributed by atoms with E-state index in [1.165, 1.54) is 6.92 Å². The average Bonchev–Trinajstić information content (AvgIpc) is 3.35. The molecule has 1 saturated carbocycles. The van der Waals surface area contributed by atoms with Gasteiger partial charge < -0.3 is 9.57 Å². The molecule has 9 nitrogen and oxygen atoms in total. The number of sulfonamides is 1. The number of hydrogen-bond acceptors (Lipinski definition) is 7. The second-order valence-electron chi connectivity index (χ2n) is 9.61. The number of rotatable bonds is 4. The lowest BCUT2D eigenvalue weighted by atomic mass is 10.00. The van der Waals surface area contributed by atoms with Crippen molar-refractivity contribution in [3.8, 4) is 11.4 Å². The van der Waals surface area contributed by atoms with Crippen LogP contribution >= 0.6 is 0 Å². The van der Waals surface area contributed by atoms with Gasteiger partial charge in [-0.15, -0.1) is 0 Å². The Labute approximate surface area is 212 Å². The third kappa shape index (κ3) is 3.53. The van der Waals surface area contributed by atoms with Crippen molar-refractivity contribution in [2.24, 2.45) is 5.16 Å².